The predicted octanol–water partition coefficient (Wildman–Crippen LogP) is 8.24. The predicted molar refractivity (Wildman–Crippen MR) is 206 cm³/mol. The number of benzene rings is 2. The molecule has 8 heteroatoms. The van der Waals surface area contributed by atoms with E-state index >= 15 is 0 Å². The van der Waals surface area contributed by atoms with Crippen LogP contribution in [0.3, 0.4) is 0 Å². The van der Waals surface area contributed by atoms with Crippen molar-refractivity contribution in [1.82, 2.24) is 19.8 Å². The van der Waals surface area contributed by atoms with Crippen LogP contribution in [-0.4, -0.2) is 73.9 Å². The van der Waals surface area contributed by atoms with Gasteiger partial charge in [-0.3, -0.25) is 19.8 Å². The average molecular weight is 691 g/mol. The second kappa shape index (κ2) is 18.6. The summed E-state index contributed by atoms with van der Waals surface area (Å²) in [4.78, 5) is 14.5. The molecular weight excluding hydrogens is 636 g/mol. The Morgan fingerprint density at radius 3 is 1.84 bits per heavy atom. The van der Waals surface area contributed by atoms with E-state index in [4.69, 9.17) is 35.3 Å². The maximum Gasteiger partial charge on any atom is 0.163 e. The van der Waals surface area contributed by atoms with E-state index in [9.17, 15) is 0 Å². The van der Waals surface area contributed by atoms with Crippen LogP contribution in [0.25, 0.3) is 22.5 Å². The summed E-state index contributed by atoms with van der Waals surface area (Å²) in [5.41, 5.74) is 8.68. The Morgan fingerprint density at radius 1 is 0.745 bits per heavy atom. The van der Waals surface area contributed by atoms with Crippen molar-refractivity contribution in [2.24, 2.45) is 0 Å². The number of nitrogens with zero attached hydrogens (tertiary/aromatic N) is 4. The van der Waals surface area contributed by atoms with Gasteiger partial charge in [-0.15, -0.1) is 6.42 Å². The van der Waals surface area contributed by atoms with Gasteiger partial charge in [-0.05, 0) is 116 Å². The quantitative estimate of drug-likeness (QED) is 0.103. The summed E-state index contributed by atoms with van der Waals surface area (Å²) in [5, 5.41) is 0. The van der Waals surface area contributed by atoms with Gasteiger partial charge in [0.1, 0.15) is 0 Å². The molecule has 8 nitrogen and oxygen atoms in total. The van der Waals surface area contributed by atoms with Gasteiger partial charge in [-0.25, -0.2) is 0 Å². The molecule has 51 heavy (non-hydrogen) atoms. The van der Waals surface area contributed by atoms with E-state index in [0.29, 0.717) is 12.6 Å². The van der Waals surface area contributed by atoms with Crippen molar-refractivity contribution in [2.75, 3.05) is 48.1 Å². The van der Waals surface area contributed by atoms with Crippen LogP contribution in [0.15, 0.2) is 60.9 Å². The van der Waals surface area contributed by atoms with Crippen LogP contribution in [0.5, 0.6) is 23.0 Å². The van der Waals surface area contributed by atoms with Gasteiger partial charge < -0.3 is 18.9 Å². The molecule has 1 aliphatic rings. The van der Waals surface area contributed by atoms with Crippen LogP contribution >= 0.6 is 0 Å². The van der Waals surface area contributed by atoms with E-state index in [-0.39, 0.29) is 0 Å². The highest BCUT2D eigenvalue weighted by Crippen LogP contribution is 2.38. The number of piperidine rings is 1. The molecular formula is C43H54N4O4. The number of ether oxygens (including phenoxy) is 4. The Kier molecular flexibility index (Phi) is 13.7. The minimum absolute atomic E-state index is 0.410. The molecule has 0 radical (unpaired) electrons. The van der Waals surface area contributed by atoms with Crippen molar-refractivity contribution in [1.29, 1.82) is 0 Å². The molecule has 0 spiro atoms. The van der Waals surface area contributed by atoms with Crippen LogP contribution in [0.1, 0.15) is 68.2 Å². The molecule has 5 rings (SSSR count). The largest absolute Gasteiger partial charge is 0.493 e. The van der Waals surface area contributed by atoms with Crippen LogP contribution in [0.4, 0.5) is 0 Å². The molecule has 3 heterocycles. The zero-order chi connectivity index (χ0) is 36.2. The third kappa shape index (κ3) is 9.40. The van der Waals surface area contributed by atoms with Gasteiger partial charge in [-0.1, -0.05) is 32.6 Å². The third-order valence-electron chi connectivity index (χ3n) is 9.83. The molecule has 1 aliphatic heterocycles. The van der Waals surface area contributed by atoms with Gasteiger partial charge in [0, 0.05) is 42.7 Å². The molecule has 1 saturated heterocycles. The number of hydrogen-bond acceptors (Lipinski definition) is 8. The molecule has 0 unspecified atom stereocenters. The van der Waals surface area contributed by atoms with Gasteiger partial charge in [0.05, 0.1) is 46.4 Å². The Bertz CT molecular complexity index is 1780. The van der Waals surface area contributed by atoms with Gasteiger partial charge >= 0.3 is 0 Å². The molecule has 1 fully saturated rings. The fourth-order valence-corrected chi connectivity index (χ4v) is 7.22. The fourth-order valence-electron chi connectivity index (χ4n) is 7.22. The van der Waals surface area contributed by atoms with E-state index in [1.807, 2.05) is 24.5 Å². The summed E-state index contributed by atoms with van der Waals surface area (Å²) >= 11 is 0. The van der Waals surface area contributed by atoms with Crippen LogP contribution in [0, 0.1) is 12.3 Å². The lowest BCUT2D eigenvalue weighted by Crippen LogP contribution is -2.44. The third-order valence-corrected chi connectivity index (χ3v) is 9.83. The SMILES string of the molecule is C#CCN(Cc1ccnc(-c2cc(CCCC)c(OC)c(OC)c2)c1)C1CCN(Cc2ccnc(-c3cc(CCC)c(OC)c(OC)c3)c2)CC1. The first-order valence-electron chi connectivity index (χ1n) is 18.2. The second-order valence-electron chi connectivity index (χ2n) is 13.3. The van der Waals surface area contributed by atoms with Gasteiger partial charge in [0.25, 0.3) is 0 Å². The molecule has 0 atom stereocenters. The van der Waals surface area contributed by atoms with E-state index in [1.54, 1.807) is 28.4 Å². The molecule has 0 saturated carbocycles. The highest BCUT2D eigenvalue weighted by molar-refractivity contribution is 5.68. The first kappa shape index (κ1) is 37.7. The number of aryl methyl sites for hydroxylation is 2. The van der Waals surface area contributed by atoms with Crippen molar-refractivity contribution in [2.45, 2.75) is 77.9 Å². The second-order valence-corrected chi connectivity index (χ2v) is 13.3. The molecule has 4 aromatic rings. The van der Waals surface area contributed by atoms with Gasteiger partial charge in [0.15, 0.2) is 23.0 Å². The summed E-state index contributed by atoms with van der Waals surface area (Å²) in [7, 11) is 6.78. The average Bonchev–Trinajstić information content (AvgIpc) is 3.16. The first-order valence-corrected chi connectivity index (χ1v) is 18.2. The normalized spacial score (nSPS) is 13.6. The summed E-state index contributed by atoms with van der Waals surface area (Å²) in [5.74, 6) is 6.02. The minimum Gasteiger partial charge on any atom is -0.493 e. The Hall–Kier alpha value is -4.58. The molecule has 2 aromatic carbocycles. The van der Waals surface area contributed by atoms with Crippen molar-refractivity contribution in [3.05, 3.63) is 83.2 Å². The van der Waals surface area contributed by atoms with Crippen LogP contribution in [-0.2, 0) is 25.9 Å². The van der Waals surface area contributed by atoms with Gasteiger partial charge in [-0.2, -0.15) is 0 Å². The van der Waals surface area contributed by atoms with Gasteiger partial charge in [0.2, 0.25) is 0 Å². The fraction of sp³-hybridized carbons (Fsp3) is 0.442. The molecule has 0 aliphatic carbocycles. The summed E-state index contributed by atoms with van der Waals surface area (Å²) in [6, 6.07) is 17.5. The summed E-state index contributed by atoms with van der Waals surface area (Å²) in [6.07, 6.45) is 16.9. The number of pyridine rings is 2. The lowest BCUT2D eigenvalue weighted by molar-refractivity contribution is 0.110. The van der Waals surface area contributed by atoms with E-state index < -0.39 is 0 Å². The minimum atomic E-state index is 0.410. The summed E-state index contributed by atoms with van der Waals surface area (Å²) in [6.45, 7) is 8.66. The Labute approximate surface area is 305 Å². The van der Waals surface area contributed by atoms with E-state index in [2.05, 4.69) is 66.0 Å². The molecule has 0 N–H and O–H groups in total. The summed E-state index contributed by atoms with van der Waals surface area (Å²) < 4.78 is 22.8. The lowest BCUT2D eigenvalue weighted by Gasteiger charge is -2.38. The number of aromatic nitrogens is 2. The topological polar surface area (TPSA) is 69.2 Å². The van der Waals surface area contributed by atoms with Crippen molar-refractivity contribution in [3.63, 3.8) is 0 Å². The standard InChI is InChI=1S/C43H54N4O4/c1-8-11-13-34-26-36(28-41(49-5)43(34)51-7)39-24-32(15-19-45-39)30-47(20-10-3)37-16-21-46(22-17-37)29-31-14-18-44-38(23-31)35-25-33(12-9-2)42(50-6)40(27-35)48-4/h3,14-15,18-19,23-28,37H,8-9,11-13,16-17,20-22,29-30H2,1-2,4-7H3. The smallest absolute Gasteiger partial charge is 0.163 e. The van der Waals surface area contributed by atoms with Crippen LogP contribution in [0.2, 0.25) is 0 Å². The number of unbranched alkanes of at least 4 members (excludes halogenated alkanes) is 1. The zero-order valence-corrected chi connectivity index (χ0v) is 31.3. The lowest BCUT2D eigenvalue weighted by atomic mass is 9.99. The maximum absolute atomic E-state index is 5.92. The number of methoxy groups -OCH3 is 4. The van der Waals surface area contributed by atoms with E-state index in [1.165, 1.54) is 11.1 Å². The van der Waals surface area contributed by atoms with Crippen molar-refractivity contribution < 1.29 is 18.9 Å². The molecule has 0 bridgehead atoms. The monoisotopic (exact) mass is 690 g/mol. The molecule has 2 aromatic heterocycles. The Balaban J connectivity index is 1.25. The highest BCUT2D eigenvalue weighted by atomic mass is 16.5. The maximum atomic E-state index is 5.92. The first-order chi connectivity index (χ1) is 24.9. The van der Waals surface area contributed by atoms with Crippen molar-refractivity contribution >= 4 is 0 Å². The van der Waals surface area contributed by atoms with Crippen LogP contribution < -0.4 is 18.9 Å². The number of terminal acetylenes is 1. The Morgan fingerprint density at radius 2 is 1.31 bits per heavy atom. The molecule has 270 valence electrons. The molecule has 0 amide bonds. The number of likely N-dealkylation sites (tertiary alicyclic amines) is 1. The number of rotatable bonds is 17. The van der Waals surface area contributed by atoms with Crippen molar-refractivity contribution in [3.8, 4) is 57.9 Å². The zero-order valence-electron chi connectivity index (χ0n) is 31.3. The van der Waals surface area contributed by atoms with E-state index in [0.717, 1.165) is 128 Å². The highest BCUT2D eigenvalue weighted by Gasteiger charge is 2.25. The number of hydrogen-bond donors (Lipinski definition) is 0.